The molecule has 0 bridgehead atoms. The van der Waals surface area contributed by atoms with Crippen LogP contribution in [-0.2, 0) is 9.59 Å². The van der Waals surface area contributed by atoms with Gasteiger partial charge in [-0.25, -0.2) is 4.79 Å². The van der Waals surface area contributed by atoms with Gasteiger partial charge in [0.15, 0.2) is 24.2 Å². The molecule has 0 unspecified atom stereocenters. The van der Waals surface area contributed by atoms with Gasteiger partial charge >= 0.3 is 5.97 Å². The SMILES string of the molecule is CCOc1ccccc1OCC(=O)NC[C@H](O)C(=O)O. The number of benzene rings is 1. The van der Waals surface area contributed by atoms with Crippen LogP contribution in [0.3, 0.4) is 0 Å². The van der Waals surface area contributed by atoms with Crippen molar-refractivity contribution in [2.45, 2.75) is 13.0 Å². The molecule has 0 radical (unpaired) electrons. The third kappa shape index (κ3) is 5.15. The van der Waals surface area contributed by atoms with Crippen molar-refractivity contribution >= 4 is 11.9 Å². The van der Waals surface area contributed by atoms with Crippen molar-refractivity contribution in [1.29, 1.82) is 0 Å². The molecule has 1 aromatic carbocycles. The Morgan fingerprint density at radius 1 is 1.25 bits per heavy atom. The van der Waals surface area contributed by atoms with Crippen molar-refractivity contribution < 1.29 is 29.3 Å². The van der Waals surface area contributed by atoms with Gasteiger partial charge in [0.2, 0.25) is 0 Å². The third-order valence-electron chi connectivity index (χ3n) is 2.29. The number of carboxylic acids is 1. The van der Waals surface area contributed by atoms with Crippen LogP contribution < -0.4 is 14.8 Å². The van der Waals surface area contributed by atoms with Crippen molar-refractivity contribution in [3.05, 3.63) is 24.3 Å². The Hall–Kier alpha value is -2.28. The van der Waals surface area contributed by atoms with E-state index in [9.17, 15) is 9.59 Å². The van der Waals surface area contributed by atoms with E-state index in [2.05, 4.69) is 5.32 Å². The normalized spacial score (nSPS) is 11.5. The van der Waals surface area contributed by atoms with Crippen LogP contribution in [-0.4, -0.2) is 48.0 Å². The third-order valence-corrected chi connectivity index (χ3v) is 2.29. The molecule has 0 saturated carbocycles. The summed E-state index contributed by atoms with van der Waals surface area (Å²) in [5.41, 5.74) is 0. The summed E-state index contributed by atoms with van der Waals surface area (Å²) in [6.07, 6.45) is -1.63. The smallest absolute Gasteiger partial charge is 0.334 e. The minimum atomic E-state index is -1.63. The van der Waals surface area contributed by atoms with E-state index in [1.807, 2.05) is 6.92 Å². The van der Waals surface area contributed by atoms with Gasteiger partial charge in [-0.15, -0.1) is 0 Å². The first-order valence-corrected chi connectivity index (χ1v) is 6.06. The highest BCUT2D eigenvalue weighted by Gasteiger charge is 2.14. The molecular formula is C13H17NO6. The first-order chi connectivity index (χ1) is 9.54. The predicted molar refractivity (Wildman–Crippen MR) is 69.8 cm³/mol. The lowest BCUT2D eigenvalue weighted by Gasteiger charge is -2.12. The number of hydrogen-bond donors (Lipinski definition) is 3. The number of amides is 1. The lowest BCUT2D eigenvalue weighted by molar-refractivity contribution is -0.146. The van der Waals surface area contributed by atoms with Gasteiger partial charge in [0.1, 0.15) is 0 Å². The molecule has 1 aromatic rings. The Kier molecular flexibility index (Phi) is 6.31. The summed E-state index contributed by atoms with van der Waals surface area (Å²) < 4.78 is 10.6. The molecule has 0 aliphatic heterocycles. The standard InChI is InChI=1S/C13H17NO6/c1-2-19-10-5-3-4-6-11(10)20-8-12(16)14-7-9(15)13(17)18/h3-6,9,15H,2,7-8H2,1H3,(H,14,16)(H,17,18)/t9-/m0/s1. The van der Waals surface area contributed by atoms with E-state index in [-0.39, 0.29) is 13.2 Å². The van der Waals surface area contributed by atoms with Gasteiger partial charge < -0.3 is 25.0 Å². The number of carbonyl (C=O) groups excluding carboxylic acids is 1. The molecule has 0 aliphatic carbocycles. The van der Waals surface area contributed by atoms with Crippen LogP contribution in [0, 0.1) is 0 Å². The van der Waals surface area contributed by atoms with Gasteiger partial charge in [-0.1, -0.05) is 12.1 Å². The van der Waals surface area contributed by atoms with Crippen molar-refractivity contribution in [3.63, 3.8) is 0 Å². The van der Waals surface area contributed by atoms with Crippen LogP contribution in [0.15, 0.2) is 24.3 Å². The topological polar surface area (TPSA) is 105 Å². The number of carbonyl (C=O) groups is 2. The average Bonchev–Trinajstić information content (AvgIpc) is 2.44. The minimum Gasteiger partial charge on any atom is -0.490 e. The monoisotopic (exact) mass is 283 g/mol. The average molecular weight is 283 g/mol. The van der Waals surface area contributed by atoms with Gasteiger partial charge in [0.25, 0.3) is 5.91 Å². The van der Waals surface area contributed by atoms with E-state index in [0.717, 1.165) is 0 Å². The molecule has 3 N–H and O–H groups in total. The number of para-hydroxylation sites is 2. The van der Waals surface area contributed by atoms with E-state index in [0.29, 0.717) is 18.1 Å². The number of ether oxygens (including phenoxy) is 2. The second kappa shape index (κ2) is 8.00. The zero-order chi connectivity index (χ0) is 15.0. The second-order valence-corrected chi connectivity index (χ2v) is 3.83. The van der Waals surface area contributed by atoms with Crippen LogP contribution >= 0.6 is 0 Å². The zero-order valence-corrected chi connectivity index (χ0v) is 11.0. The summed E-state index contributed by atoms with van der Waals surface area (Å²) >= 11 is 0. The fraction of sp³-hybridized carbons (Fsp3) is 0.385. The van der Waals surface area contributed by atoms with E-state index < -0.39 is 18.0 Å². The Morgan fingerprint density at radius 2 is 1.85 bits per heavy atom. The second-order valence-electron chi connectivity index (χ2n) is 3.83. The molecule has 0 spiro atoms. The molecule has 110 valence electrons. The molecule has 0 aromatic heterocycles. The van der Waals surface area contributed by atoms with Gasteiger partial charge in [-0.2, -0.15) is 0 Å². The zero-order valence-electron chi connectivity index (χ0n) is 11.0. The molecule has 0 saturated heterocycles. The minimum absolute atomic E-state index is 0.295. The molecule has 0 aliphatic rings. The number of hydrogen-bond acceptors (Lipinski definition) is 5. The van der Waals surface area contributed by atoms with Crippen LogP contribution in [0.4, 0.5) is 0 Å². The summed E-state index contributed by atoms with van der Waals surface area (Å²) in [6, 6.07) is 6.89. The van der Waals surface area contributed by atoms with Crippen LogP contribution in [0.1, 0.15) is 6.92 Å². The maximum atomic E-state index is 11.4. The number of carboxylic acid groups (broad SMARTS) is 1. The molecule has 7 heteroatoms. The number of aliphatic hydroxyl groups is 1. The predicted octanol–water partition coefficient (Wildman–Crippen LogP) is 0.0258. The molecular weight excluding hydrogens is 266 g/mol. The Morgan fingerprint density at radius 3 is 2.40 bits per heavy atom. The fourth-order valence-electron chi connectivity index (χ4n) is 1.34. The van der Waals surface area contributed by atoms with Crippen LogP contribution in [0.25, 0.3) is 0 Å². The Labute approximate surface area is 116 Å². The molecule has 7 nitrogen and oxygen atoms in total. The Bertz CT molecular complexity index is 462. The number of nitrogens with one attached hydrogen (secondary N) is 1. The summed E-state index contributed by atoms with van der Waals surface area (Å²) in [4.78, 5) is 21.8. The van der Waals surface area contributed by atoms with Gasteiger partial charge in [0.05, 0.1) is 13.2 Å². The van der Waals surface area contributed by atoms with E-state index in [1.165, 1.54) is 0 Å². The molecule has 20 heavy (non-hydrogen) atoms. The molecule has 0 fully saturated rings. The first-order valence-electron chi connectivity index (χ1n) is 6.06. The van der Waals surface area contributed by atoms with Crippen molar-refractivity contribution in [1.82, 2.24) is 5.32 Å². The number of aliphatic hydroxyl groups excluding tert-OH is 1. The largest absolute Gasteiger partial charge is 0.490 e. The molecule has 1 atom stereocenters. The van der Waals surface area contributed by atoms with E-state index in [4.69, 9.17) is 19.7 Å². The van der Waals surface area contributed by atoms with Crippen LogP contribution in [0.2, 0.25) is 0 Å². The van der Waals surface area contributed by atoms with E-state index in [1.54, 1.807) is 24.3 Å². The van der Waals surface area contributed by atoms with E-state index >= 15 is 0 Å². The van der Waals surface area contributed by atoms with Crippen molar-refractivity contribution in [2.75, 3.05) is 19.8 Å². The van der Waals surface area contributed by atoms with Crippen LogP contribution in [0.5, 0.6) is 11.5 Å². The highest BCUT2D eigenvalue weighted by atomic mass is 16.5. The summed E-state index contributed by atoms with van der Waals surface area (Å²) in [5, 5.41) is 19.7. The summed E-state index contributed by atoms with van der Waals surface area (Å²) in [6.45, 7) is 1.63. The molecule has 1 amide bonds. The highest BCUT2D eigenvalue weighted by molar-refractivity contribution is 5.79. The van der Waals surface area contributed by atoms with Gasteiger partial charge in [0, 0.05) is 0 Å². The summed E-state index contributed by atoms with van der Waals surface area (Å²) in [5.74, 6) is -0.985. The van der Waals surface area contributed by atoms with Crippen molar-refractivity contribution in [2.24, 2.45) is 0 Å². The summed E-state index contributed by atoms with van der Waals surface area (Å²) in [7, 11) is 0. The number of aliphatic carboxylic acids is 1. The maximum absolute atomic E-state index is 11.4. The first kappa shape index (κ1) is 15.8. The van der Waals surface area contributed by atoms with Gasteiger partial charge in [-0.3, -0.25) is 4.79 Å². The fourth-order valence-corrected chi connectivity index (χ4v) is 1.34. The van der Waals surface area contributed by atoms with Crippen molar-refractivity contribution in [3.8, 4) is 11.5 Å². The quantitative estimate of drug-likeness (QED) is 0.621. The number of rotatable bonds is 8. The lowest BCUT2D eigenvalue weighted by atomic mass is 10.3. The molecule has 1 rings (SSSR count). The van der Waals surface area contributed by atoms with Gasteiger partial charge in [-0.05, 0) is 19.1 Å². The lowest BCUT2D eigenvalue weighted by Crippen LogP contribution is -2.38. The molecule has 0 heterocycles. The highest BCUT2D eigenvalue weighted by Crippen LogP contribution is 2.26. The maximum Gasteiger partial charge on any atom is 0.334 e. The Balaban J connectivity index is 2.43.